The quantitative estimate of drug-likeness (QED) is 0.340. The van der Waals surface area contributed by atoms with Crippen LogP contribution < -0.4 is 10.1 Å². The van der Waals surface area contributed by atoms with Crippen molar-refractivity contribution in [1.82, 2.24) is 14.8 Å². The fraction of sp³-hybridized carbons (Fsp3) is 0.192. The molecule has 0 fully saturated rings. The molecule has 0 unspecified atom stereocenters. The summed E-state index contributed by atoms with van der Waals surface area (Å²) in [6, 6.07) is 25.9. The van der Waals surface area contributed by atoms with Gasteiger partial charge in [0.1, 0.15) is 0 Å². The van der Waals surface area contributed by atoms with Crippen molar-refractivity contribution in [2.75, 3.05) is 11.1 Å². The van der Waals surface area contributed by atoms with Crippen molar-refractivity contribution in [3.8, 4) is 23.1 Å². The van der Waals surface area contributed by atoms with Crippen LogP contribution >= 0.6 is 11.8 Å². The molecular weight excluding hydrogens is 432 g/mol. The first-order valence-electron chi connectivity index (χ1n) is 10.8. The van der Waals surface area contributed by atoms with E-state index in [-0.39, 0.29) is 12.0 Å². The van der Waals surface area contributed by atoms with Crippen molar-refractivity contribution < 1.29 is 9.53 Å². The zero-order valence-electron chi connectivity index (χ0n) is 18.9. The number of carbonyl (C=O) groups excluding carboxylic acids is 1. The summed E-state index contributed by atoms with van der Waals surface area (Å²) >= 11 is 1.51. The first-order chi connectivity index (χ1) is 16.0. The van der Waals surface area contributed by atoms with Gasteiger partial charge >= 0.3 is 6.01 Å². The average Bonchev–Trinajstić information content (AvgIpc) is 3.22. The summed E-state index contributed by atoms with van der Waals surface area (Å²) in [5.74, 6) is 0.995. The first kappa shape index (κ1) is 22.6. The van der Waals surface area contributed by atoms with Gasteiger partial charge in [0.2, 0.25) is 5.91 Å². The van der Waals surface area contributed by atoms with Gasteiger partial charge in [0.15, 0.2) is 5.82 Å². The summed E-state index contributed by atoms with van der Waals surface area (Å²) in [5.41, 5.74) is 3.68. The van der Waals surface area contributed by atoms with Gasteiger partial charge in [-0.1, -0.05) is 48.0 Å². The maximum Gasteiger partial charge on any atom is 0.336 e. The van der Waals surface area contributed by atoms with Crippen LogP contribution in [-0.2, 0) is 4.79 Å². The Bertz CT molecular complexity index is 1200. The van der Waals surface area contributed by atoms with Gasteiger partial charge in [-0.2, -0.15) is 4.98 Å². The highest BCUT2D eigenvalue weighted by atomic mass is 32.2. The number of ether oxygens (including phenoxy) is 1. The van der Waals surface area contributed by atoms with Gasteiger partial charge in [-0.3, -0.25) is 4.79 Å². The van der Waals surface area contributed by atoms with Gasteiger partial charge < -0.3 is 10.1 Å². The van der Waals surface area contributed by atoms with Crippen LogP contribution in [0.3, 0.4) is 0 Å². The Kier molecular flexibility index (Phi) is 7.10. The number of aromatic nitrogens is 3. The number of rotatable bonds is 8. The molecule has 0 aliphatic carbocycles. The van der Waals surface area contributed by atoms with Crippen molar-refractivity contribution in [1.29, 1.82) is 0 Å². The third kappa shape index (κ3) is 6.02. The smallest absolute Gasteiger partial charge is 0.336 e. The molecule has 7 heteroatoms. The van der Waals surface area contributed by atoms with E-state index >= 15 is 0 Å². The van der Waals surface area contributed by atoms with Crippen LogP contribution in [0.15, 0.2) is 83.8 Å². The van der Waals surface area contributed by atoms with Crippen molar-refractivity contribution in [3.63, 3.8) is 0 Å². The number of benzene rings is 3. The molecule has 1 amide bonds. The predicted octanol–water partition coefficient (Wildman–Crippen LogP) is 5.76. The number of nitrogens with one attached hydrogen (secondary N) is 1. The summed E-state index contributed by atoms with van der Waals surface area (Å²) in [6.45, 7) is 5.94. The number of nitrogens with zero attached hydrogens (tertiary/aromatic N) is 3. The largest absolute Gasteiger partial charge is 0.460 e. The van der Waals surface area contributed by atoms with E-state index in [1.54, 1.807) is 4.68 Å². The second kappa shape index (κ2) is 10.4. The molecule has 3 aromatic carbocycles. The SMILES string of the molecule is Cc1ccc(-c2nc(OC(C)C)nn2-c2ccc(NC(=O)CSc3ccccc3)cc2)cc1. The van der Waals surface area contributed by atoms with Crippen LogP contribution in [0.2, 0.25) is 0 Å². The molecule has 0 bridgehead atoms. The molecule has 1 heterocycles. The van der Waals surface area contributed by atoms with Crippen molar-refractivity contribution in [2.24, 2.45) is 0 Å². The molecule has 1 aromatic heterocycles. The standard InChI is InChI=1S/C26H26N4O2S/c1-18(2)32-26-28-25(20-11-9-19(3)10-12-20)30(29-26)22-15-13-21(14-16-22)27-24(31)17-33-23-7-5-4-6-8-23/h4-16,18H,17H2,1-3H3,(H,27,31). The molecule has 1 N–H and O–H groups in total. The molecule has 6 nitrogen and oxygen atoms in total. The van der Waals surface area contributed by atoms with E-state index in [2.05, 4.69) is 15.4 Å². The molecule has 168 valence electrons. The Balaban J connectivity index is 1.51. The van der Waals surface area contributed by atoms with Crippen LogP contribution in [0.25, 0.3) is 17.1 Å². The lowest BCUT2D eigenvalue weighted by atomic mass is 10.1. The van der Waals surface area contributed by atoms with Gasteiger partial charge in [-0.05, 0) is 57.2 Å². The van der Waals surface area contributed by atoms with E-state index in [1.807, 2.05) is 99.6 Å². The highest BCUT2D eigenvalue weighted by molar-refractivity contribution is 8.00. The number of anilines is 1. The second-order valence-corrected chi connectivity index (χ2v) is 8.91. The van der Waals surface area contributed by atoms with Gasteiger partial charge in [0.05, 0.1) is 17.5 Å². The molecule has 0 radical (unpaired) electrons. The number of thioether (sulfide) groups is 1. The monoisotopic (exact) mass is 458 g/mol. The second-order valence-electron chi connectivity index (χ2n) is 7.86. The lowest BCUT2D eigenvalue weighted by Gasteiger charge is -2.09. The van der Waals surface area contributed by atoms with E-state index < -0.39 is 0 Å². The van der Waals surface area contributed by atoms with Gasteiger partial charge in [0.25, 0.3) is 0 Å². The number of hydrogen-bond donors (Lipinski definition) is 1. The summed E-state index contributed by atoms with van der Waals surface area (Å²) in [4.78, 5) is 18.0. The highest BCUT2D eigenvalue weighted by Crippen LogP contribution is 2.25. The van der Waals surface area contributed by atoms with Gasteiger partial charge in [-0.25, -0.2) is 4.68 Å². The minimum absolute atomic E-state index is 0.0296. The highest BCUT2D eigenvalue weighted by Gasteiger charge is 2.16. The lowest BCUT2D eigenvalue weighted by molar-refractivity contribution is -0.113. The van der Waals surface area contributed by atoms with E-state index in [9.17, 15) is 4.79 Å². The molecular formula is C26H26N4O2S. The molecule has 0 aliphatic heterocycles. The minimum Gasteiger partial charge on any atom is -0.460 e. The van der Waals surface area contributed by atoms with E-state index in [4.69, 9.17) is 4.74 Å². The molecule has 4 rings (SSSR count). The van der Waals surface area contributed by atoms with Gasteiger partial charge in [0, 0.05) is 16.1 Å². The van der Waals surface area contributed by atoms with Crippen LogP contribution in [0.5, 0.6) is 6.01 Å². The van der Waals surface area contributed by atoms with Crippen LogP contribution in [0.1, 0.15) is 19.4 Å². The lowest BCUT2D eigenvalue weighted by Crippen LogP contribution is -2.14. The molecule has 0 saturated heterocycles. The Morgan fingerprint density at radius 2 is 1.70 bits per heavy atom. The molecule has 33 heavy (non-hydrogen) atoms. The predicted molar refractivity (Wildman–Crippen MR) is 133 cm³/mol. The minimum atomic E-state index is -0.0506. The Labute approximate surface area is 198 Å². The maximum atomic E-state index is 12.3. The number of aryl methyl sites for hydroxylation is 1. The fourth-order valence-electron chi connectivity index (χ4n) is 3.17. The zero-order valence-corrected chi connectivity index (χ0v) is 19.7. The molecule has 4 aromatic rings. The Morgan fingerprint density at radius 3 is 2.36 bits per heavy atom. The topological polar surface area (TPSA) is 69.0 Å². The fourth-order valence-corrected chi connectivity index (χ4v) is 3.89. The Morgan fingerprint density at radius 1 is 1.00 bits per heavy atom. The number of carbonyl (C=O) groups is 1. The van der Waals surface area contributed by atoms with Crippen molar-refractivity contribution >= 4 is 23.4 Å². The third-order valence-electron chi connectivity index (χ3n) is 4.75. The van der Waals surface area contributed by atoms with Crippen LogP contribution in [0.4, 0.5) is 5.69 Å². The molecule has 0 aliphatic rings. The maximum absolute atomic E-state index is 12.3. The van der Waals surface area contributed by atoms with E-state index in [0.29, 0.717) is 17.6 Å². The van der Waals surface area contributed by atoms with Crippen LogP contribution in [-0.4, -0.2) is 32.5 Å². The first-order valence-corrected chi connectivity index (χ1v) is 11.8. The molecule has 0 saturated carbocycles. The summed E-state index contributed by atoms with van der Waals surface area (Å²) in [7, 11) is 0. The van der Waals surface area contributed by atoms with E-state index in [1.165, 1.54) is 17.3 Å². The Hall–Kier alpha value is -3.58. The third-order valence-corrected chi connectivity index (χ3v) is 5.76. The van der Waals surface area contributed by atoms with Crippen molar-refractivity contribution in [3.05, 3.63) is 84.4 Å². The number of hydrogen-bond acceptors (Lipinski definition) is 5. The number of amides is 1. The summed E-state index contributed by atoms with van der Waals surface area (Å²) in [6.07, 6.45) is -0.0296. The van der Waals surface area contributed by atoms with Crippen LogP contribution in [0, 0.1) is 6.92 Å². The average molecular weight is 459 g/mol. The summed E-state index contributed by atoms with van der Waals surface area (Å²) in [5, 5.41) is 7.51. The van der Waals surface area contributed by atoms with Crippen molar-refractivity contribution in [2.45, 2.75) is 31.8 Å². The molecule has 0 atom stereocenters. The zero-order chi connectivity index (χ0) is 23.2. The van der Waals surface area contributed by atoms with Gasteiger partial charge in [-0.15, -0.1) is 16.9 Å². The molecule has 0 spiro atoms. The normalized spacial score (nSPS) is 10.9. The summed E-state index contributed by atoms with van der Waals surface area (Å²) < 4.78 is 7.50. The van der Waals surface area contributed by atoms with E-state index in [0.717, 1.165) is 21.8 Å².